The predicted octanol–water partition coefficient (Wildman–Crippen LogP) is 1.29. The molecule has 2 N–H and O–H groups in total. The van der Waals surface area contributed by atoms with E-state index in [1.165, 1.54) is 9.87 Å². The lowest BCUT2D eigenvalue weighted by Gasteiger charge is -2.35. The van der Waals surface area contributed by atoms with Gasteiger partial charge in [-0.1, -0.05) is 19.9 Å². The van der Waals surface area contributed by atoms with Crippen molar-refractivity contribution in [1.82, 2.24) is 20.1 Å². The number of rotatable bonds is 5. The Kier molecular flexibility index (Phi) is 5.97. The van der Waals surface area contributed by atoms with E-state index in [1.807, 2.05) is 12.1 Å². The van der Waals surface area contributed by atoms with Crippen LogP contribution in [0.25, 0.3) is 0 Å². The van der Waals surface area contributed by atoms with Gasteiger partial charge in [-0.25, -0.2) is 13.8 Å². The first-order valence-corrected chi connectivity index (χ1v) is 12.2. The summed E-state index contributed by atoms with van der Waals surface area (Å²) in [6.07, 6.45) is 4.91. The van der Waals surface area contributed by atoms with Crippen molar-refractivity contribution >= 4 is 15.9 Å². The summed E-state index contributed by atoms with van der Waals surface area (Å²) in [5.74, 6) is 0.648. The summed E-state index contributed by atoms with van der Waals surface area (Å²) in [6.45, 7) is 5.93. The minimum atomic E-state index is -3.51. The Morgan fingerprint density at radius 2 is 1.83 bits per heavy atom. The summed E-state index contributed by atoms with van der Waals surface area (Å²) in [4.78, 5) is 15.0. The molecule has 2 aliphatic heterocycles. The van der Waals surface area contributed by atoms with E-state index in [-0.39, 0.29) is 11.9 Å². The lowest BCUT2D eigenvalue weighted by Crippen LogP contribution is -2.54. The maximum atomic E-state index is 13.1. The van der Waals surface area contributed by atoms with Crippen LogP contribution in [0.15, 0.2) is 23.1 Å². The smallest absolute Gasteiger partial charge is 0.243 e. The number of sulfonamides is 1. The highest BCUT2D eigenvalue weighted by atomic mass is 32.2. The first kappa shape index (κ1) is 20.8. The summed E-state index contributed by atoms with van der Waals surface area (Å²) in [6, 6.07) is 5.63. The number of aryl methyl sites for hydroxylation is 2. The van der Waals surface area contributed by atoms with Gasteiger partial charge in [0.15, 0.2) is 0 Å². The molecule has 2 saturated heterocycles. The Bertz CT molecular complexity index is 863. The molecule has 2 atom stereocenters. The van der Waals surface area contributed by atoms with Crippen LogP contribution in [0.2, 0.25) is 0 Å². The van der Waals surface area contributed by atoms with Crippen LogP contribution in [-0.2, 0) is 27.7 Å². The van der Waals surface area contributed by atoms with Gasteiger partial charge in [-0.2, -0.15) is 4.31 Å². The van der Waals surface area contributed by atoms with E-state index in [9.17, 15) is 13.2 Å². The molecule has 2 fully saturated rings. The van der Waals surface area contributed by atoms with Crippen LogP contribution in [0, 0.1) is 5.92 Å². The Labute approximate surface area is 173 Å². The molecular formula is C21H32N4O3S. The van der Waals surface area contributed by atoms with Crippen LogP contribution < -0.4 is 10.9 Å². The van der Waals surface area contributed by atoms with Gasteiger partial charge in [0.1, 0.15) is 6.04 Å². The zero-order valence-electron chi connectivity index (χ0n) is 17.4. The summed E-state index contributed by atoms with van der Waals surface area (Å²) in [5.41, 5.74) is 8.79. The van der Waals surface area contributed by atoms with Crippen molar-refractivity contribution < 1.29 is 13.2 Å². The number of piperazine rings is 1. The fraction of sp³-hybridized carbons (Fsp3) is 0.667. The molecule has 1 aromatic rings. The molecule has 2 unspecified atom stereocenters. The number of nitrogens with zero attached hydrogens (tertiary/aromatic N) is 2. The third-order valence-corrected chi connectivity index (χ3v) is 8.19. The van der Waals surface area contributed by atoms with Crippen molar-refractivity contribution in [3.05, 3.63) is 29.3 Å². The lowest BCUT2D eigenvalue weighted by molar-refractivity contribution is -0.134. The SMILES string of the molecule is CC(C)CC1CC(C(=O)N2CCN(S(=O)(=O)c3ccc4c(c3)CCC4)CC2)NN1. The van der Waals surface area contributed by atoms with E-state index < -0.39 is 10.0 Å². The molecular weight excluding hydrogens is 388 g/mol. The minimum Gasteiger partial charge on any atom is -0.339 e. The van der Waals surface area contributed by atoms with Crippen molar-refractivity contribution in [2.24, 2.45) is 5.92 Å². The first-order chi connectivity index (χ1) is 13.8. The van der Waals surface area contributed by atoms with Gasteiger partial charge in [0.25, 0.3) is 0 Å². The van der Waals surface area contributed by atoms with Gasteiger partial charge in [-0.05, 0) is 61.3 Å². The van der Waals surface area contributed by atoms with Gasteiger partial charge in [0.2, 0.25) is 15.9 Å². The molecule has 3 aliphatic rings. The Morgan fingerprint density at radius 3 is 2.55 bits per heavy atom. The molecule has 0 aromatic heterocycles. The molecule has 1 amide bonds. The van der Waals surface area contributed by atoms with Gasteiger partial charge >= 0.3 is 0 Å². The van der Waals surface area contributed by atoms with Crippen LogP contribution in [0.5, 0.6) is 0 Å². The average molecular weight is 421 g/mol. The first-order valence-electron chi connectivity index (χ1n) is 10.8. The van der Waals surface area contributed by atoms with E-state index in [0.29, 0.717) is 43.0 Å². The Balaban J connectivity index is 1.35. The summed E-state index contributed by atoms with van der Waals surface area (Å²) >= 11 is 0. The second-order valence-corrected chi connectivity index (χ2v) is 10.9. The molecule has 8 heteroatoms. The summed E-state index contributed by atoms with van der Waals surface area (Å²) in [7, 11) is -3.51. The zero-order valence-corrected chi connectivity index (χ0v) is 18.2. The maximum Gasteiger partial charge on any atom is 0.243 e. The molecule has 0 bridgehead atoms. The fourth-order valence-corrected chi connectivity index (χ4v) is 6.21. The van der Waals surface area contributed by atoms with Gasteiger partial charge in [0.05, 0.1) is 4.90 Å². The maximum absolute atomic E-state index is 13.1. The van der Waals surface area contributed by atoms with E-state index in [4.69, 9.17) is 0 Å². The third-order valence-electron chi connectivity index (χ3n) is 6.29. The van der Waals surface area contributed by atoms with Crippen LogP contribution in [0.3, 0.4) is 0 Å². The van der Waals surface area contributed by atoms with Crippen LogP contribution in [0.1, 0.15) is 44.2 Å². The number of carbonyl (C=O) groups is 1. The Hall–Kier alpha value is -1.48. The summed E-state index contributed by atoms with van der Waals surface area (Å²) in [5, 5.41) is 0. The van der Waals surface area contributed by atoms with Crippen LogP contribution >= 0.6 is 0 Å². The van der Waals surface area contributed by atoms with Gasteiger partial charge in [-0.15, -0.1) is 0 Å². The molecule has 29 heavy (non-hydrogen) atoms. The molecule has 1 aliphatic carbocycles. The number of nitrogens with one attached hydrogen (secondary N) is 2. The van der Waals surface area contributed by atoms with Gasteiger partial charge < -0.3 is 4.90 Å². The second-order valence-electron chi connectivity index (χ2n) is 8.92. The van der Waals surface area contributed by atoms with E-state index >= 15 is 0 Å². The highest BCUT2D eigenvalue weighted by molar-refractivity contribution is 7.89. The fourth-order valence-electron chi connectivity index (χ4n) is 4.73. The molecule has 0 saturated carbocycles. The van der Waals surface area contributed by atoms with Gasteiger partial charge in [-0.3, -0.25) is 10.2 Å². The van der Waals surface area contributed by atoms with Crippen molar-refractivity contribution in [1.29, 1.82) is 0 Å². The molecule has 160 valence electrons. The molecule has 0 radical (unpaired) electrons. The largest absolute Gasteiger partial charge is 0.339 e. The molecule has 7 nitrogen and oxygen atoms in total. The van der Waals surface area contributed by atoms with Crippen molar-refractivity contribution in [3.8, 4) is 0 Å². The topological polar surface area (TPSA) is 81.8 Å². The predicted molar refractivity (Wildman–Crippen MR) is 112 cm³/mol. The average Bonchev–Trinajstić information content (AvgIpc) is 3.35. The normalized spacial score (nSPS) is 25.6. The van der Waals surface area contributed by atoms with Crippen LogP contribution in [-0.4, -0.2) is 61.8 Å². The van der Waals surface area contributed by atoms with E-state index in [1.54, 1.807) is 11.0 Å². The summed E-state index contributed by atoms with van der Waals surface area (Å²) < 4.78 is 27.7. The number of hydrazine groups is 1. The Morgan fingerprint density at radius 1 is 1.10 bits per heavy atom. The minimum absolute atomic E-state index is 0.0679. The monoisotopic (exact) mass is 420 g/mol. The van der Waals surface area contributed by atoms with Crippen molar-refractivity contribution in [2.45, 2.75) is 62.9 Å². The van der Waals surface area contributed by atoms with Crippen molar-refractivity contribution in [3.63, 3.8) is 0 Å². The zero-order chi connectivity index (χ0) is 20.6. The molecule has 0 spiro atoms. The number of carbonyl (C=O) groups excluding carboxylic acids is 1. The second kappa shape index (κ2) is 8.34. The number of fused-ring (bicyclic) bond motifs is 1. The molecule has 1 aromatic carbocycles. The van der Waals surface area contributed by atoms with Crippen LogP contribution in [0.4, 0.5) is 0 Å². The lowest BCUT2D eigenvalue weighted by atomic mass is 9.99. The highest BCUT2D eigenvalue weighted by Gasteiger charge is 2.36. The number of hydrogen-bond acceptors (Lipinski definition) is 5. The number of amides is 1. The molecule has 2 heterocycles. The highest BCUT2D eigenvalue weighted by Crippen LogP contribution is 2.27. The quantitative estimate of drug-likeness (QED) is 0.750. The van der Waals surface area contributed by atoms with E-state index in [0.717, 1.165) is 37.7 Å². The van der Waals surface area contributed by atoms with E-state index in [2.05, 4.69) is 24.7 Å². The standard InChI is InChI=1S/C21H32N4O3S/c1-15(2)12-18-14-20(23-22-18)21(26)24-8-10-25(11-9-24)29(27,28)19-7-6-16-4-3-5-17(16)13-19/h6-7,13,15,18,20,22-23H,3-5,8-12,14H2,1-2H3. The molecule has 4 rings (SSSR count). The van der Waals surface area contributed by atoms with Crippen molar-refractivity contribution in [2.75, 3.05) is 26.2 Å². The van der Waals surface area contributed by atoms with Gasteiger partial charge in [0, 0.05) is 32.2 Å². The number of hydrogen-bond donors (Lipinski definition) is 2. The third kappa shape index (κ3) is 4.35. The number of benzene rings is 1.